The average Bonchev–Trinajstić information content (AvgIpc) is 2.76. The van der Waals surface area contributed by atoms with Gasteiger partial charge in [0.25, 0.3) is 5.91 Å². The van der Waals surface area contributed by atoms with Crippen molar-refractivity contribution in [2.75, 3.05) is 18.9 Å². The zero-order valence-corrected chi connectivity index (χ0v) is 22.8. The molecule has 7 nitrogen and oxygen atoms in total. The predicted molar refractivity (Wildman–Crippen MR) is 146 cm³/mol. The quantitative estimate of drug-likeness (QED) is 0.300. The van der Waals surface area contributed by atoms with Crippen LogP contribution in [0, 0.1) is 31.1 Å². The van der Waals surface area contributed by atoms with E-state index in [-0.39, 0.29) is 17.3 Å². The van der Waals surface area contributed by atoms with E-state index in [1.54, 1.807) is 37.8 Å². The Bertz CT molecular complexity index is 1190. The SMILES string of the molecule is Cc1cc(C(=O)N(C)C(C)(C)C)c(C)cc1C#CCNc1ccc(C(=N)NC(=O)OC(C)(C)C)cc1. The lowest BCUT2D eigenvalue weighted by atomic mass is 9.97. The molecule has 0 aliphatic carbocycles. The lowest BCUT2D eigenvalue weighted by molar-refractivity contribution is 0.0562. The smallest absolute Gasteiger partial charge is 0.413 e. The zero-order valence-electron chi connectivity index (χ0n) is 22.8. The lowest BCUT2D eigenvalue weighted by Gasteiger charge is -2.32. The van der Waals surface area contributed by atoms with Crippen LogP contribution in [0.5, 0.6) is 0 Å². The van der Waals surface area contributed by atoms with Gasteiger partial charge in [0.15, 0.2) is 0 Å². The van der Waals surface area contributed by atoms with Gasteiger partial charge in [0.2, 0.25) is 0 Å². The van der Waals surface area contributed by atoms with Crippen molar-refractivity contribution in [1.29, 1.82) is 5.41 Å². The molecule has 0 aliphatic rings. The van der Waals surface area contributed by atoms with Crippen LogP contribution >= 0.6 is 0 Å². The molecule has 2 rings (SSSR count). The van der Waals surface area contributed by atoms with Gasteiger partial charge in [0, 0.05) is 35.0 Å². The summed E-state index contributed by atoms with van der Waals surface area (Å²) in [5.74, 6) is 6.28. The predicted octanol–water partition coefficient (Wildman–Crippen LogP) is 5.49. The van der Waals surface area contributed by atoms with Gasteiger partial charge < -0.3 is 15.0 Å². The summed E-state index contributed by atoms with van der Waals surface area (Å²) in [6, 6.07) is 11.0. The molecule has 0 fully saturated rings. The van der Waals surface area contributed by atoms with Crippen molar-refractivity contribution in [1.82, 2.24) is 10.2 Å². The summed E-state index contributed by atoms with van der Waals surface area (Å²) < 4.78 is 5.18. The first-order chi connectivity index (χ1) is 16.6. The molecule has 0 aromatic heterocycles. The number of amides is 2. The molecule has 0 saturated carbocycles. The van der Waals surface area contributed by atoms with E-state index >= 15 is 0 Å². The van der Waals surface area contributed by atoms with E-state index in [9.17, 15) is 9.59 Å². The number of rotatable bonds is 4. The molecule has 0 unspecified atom stereocenters. The van der Waals surface area contributed by atoms with Crippen LogP contribution in [-0.4, -0.2) is 47.5 Å². The first kappa shape index (κ1) is 28.4. The Labute approximate surface area is 215 Å². The highest BCUT2D eigenvalue weighted by Gasteiger charge is 2.24. The summed E-state index contributed by atoms with van der Waals surface area (Å²) in [5.41, 5.74) is 3.97. The molecule has 0 aliphatic heterocycles. The second-order valence-electron chi connectivity index (χ2n) is 10.8. The fourth-order valence-electron chi connectivity index (χ4n) is 3.18. The van der Waals surface area contributed by atoms with Gasteiger partial charge in [0.1, 0.15) is 11.4 Å². The normalized spacial score (nSPS) is 11.1. The first-order valence-corrected chi connectivity index (χ1v) is 11.9. The third-order valence-corrected chi connectivity index (χ3v) is 5.52. The number of benzene rings is 2. The number of aryl methyl sites for hydroxylation is 2. The van der Waals surface area contributed by atoms with Gasteiger partial charge in [-0.1, -0.05) is 11.8 Å². The molecule has 0 bridgehead atoms. The van der Waals surface area contributed by atoms with Crippen LogP contribution in [0.3, 0.4) is 0 Å². The molecule has 0 atom stereocenters. The third kappa shape index (κ3) is 8.16. The monoisotopic (exact) mass is 490 g/mol. The van der Waals surface area contributed by atoms with Crippen molar-refractivity contribution in [2.45, 2.75) is 66.5 Å². The molecular weight excluding hydrogens is 452 g/mol. The number of nitrogens with one attached hydrogen (secondary N) is 3. The van der Waals surface area contributed by atoms with E-state index in [1.807, 2.05) is 65.9 Å². The molecule has 7 heteroatoms. The molecule has 2 amide bonds. The van der Waals surface area contributed by atoms with Crippen molar-refractivity contribution in [3.8, 4) is 11.8 Å². The summed E-state index contributed by atoms with van der Waals surface area (Å²) in [5, 5.41) is 13.7. The molecule has 2 aromatic rings. The molecule has 0 radical (unpaired) electrons. The number of amidine groups is 1. The van der Waals surface area contributed by atoms with E-state index in [2.05, 4.69) is 22.5 Å². The van der Waals surface area contributed by atoms with E-state index in [4.69, 9.17) is 10.1 Å². The second kappa shape index (κ2) is 11.3. The minimum absolute atomic E-state index is 0.00194. The first-order valence-electron chi connectivity index (χ1n) is 11.9. The van der Waals surface area contributed by atoms with Crippen molar-refractivity contribution in [3.63, 3.8) is 0 Å². The second-order valence-corrected chi connectivity index (χ2v) is 10.8. The van der Waals surface area contributed by atoms with Gasteiger partial charge in [-0.3, -0.25) is 15.5 Å². The molecule has 0 heterocycles. The fourth-order valence-corrected chi connectivity index (χ4v) is 3.18. The van der Waals surface area contributed by atoms with Gasteiger partial charge in [-0.15, -0.1) is 0 Å². The van der Waals surface area contributed by atoms with Crippen LogP contribution in [0.4, 0.5) is 10.5 Å². The number of carbonyl (C=O) groups excluding carboxylic acids is 2. The Balaban J connectivity index is 1.99. The summed E-state index contributed by atoms with van der Waals surface area (Å²) in [4.78, 5) is 26.5. The van der Waals surface area contributed by atoms with Crippen molar-refractivity contribution in [2.24, 2.45) is 0 Å². The topological polar surface area (TPSA) is 94.5 Å². The minimum Gasteiger partial charge on any atom is -0.444 e. The molecule has 192 valence electrons. The molecule has 2 aromatic carbocycles. The Morgan fingerprint density at radius 3 is 2.17 bits per heavy atom. The number of carbonyl (C=O) groups is 2. The molecule has 36 heavy (non-hydrogen) atoms. The van der Waals surface area contributed by atoms with E-state index in [0.717, 1.165) is 22.4 Å². The maximum absolute atomic E-state index is 12.9. The van der Waals surface area contributed by atoms with E-state index in [1.165, 1.54) is 0 Å². The van der Waals surface area contributed by atoms with E-state index < -0.39 is 11.7 Å². The van der Waals surface area contributed by atoms with Gasteiger partial charge in [0.05, 0.1) is 6.54 Å². The lowest BCUT2D eigenvalue weighted by Crippen LogP contribution is -2.42. The number of hydrogen-bond donors (Lipinski definition) is 3. The van der Waals surface area contributed by atoms with Crippen LogP contribution in [0.25, 0.3) is 0 Å². The summed E-state index contributed by atoms with van der Waals surface area (Å²) in [7, 11) is 1.82. The highest BCUT2D eigenvalue weighted by molar-refractivity contribution is 6.04. The number of hydrogen-bond acceptors (Lipinski definition) is 5. The highest BCUT2D eigenvalue weighted by atomic mass is 16.6. The van der Waals surface area contributed by atoms with Crippen LogP contribution < -0.4 is 10.6 Å². The molecule has 0 spiro atoms. The standard InChI is InChI=1S/C29H38N4O3/c1-19-18-24(26(34)33(9)28(3,4)5)20(2)17-22(19)11-10-16-31-23-14-12-21(13-15-23)25(30)32-27(35)36-29(6,7)8/h12-15,17-18,31H,16H2,1-9H3,(H2,30,32,35). The van der Waals surface area contributed by atoms with Gasteiger partial charge in [-0.2, -0.15) is 0 Å². The molecule has 3 N–H and O–H groups in total. The van der Waals surface area contributed by atoms with E-state index in [0.29, 0.717) is 17.7 Å². The zero-order chi connectivity index (χ0) is 27.3. The molecule has 0 saturated heterocycles. The van der Waals surface area contributed by atoms with Crippen LogP contribution in [0.2, 0.25) is 0 Å². The van der Waals surface area contributed by atoms with Crippen LogP contribution in [0.15, 0.2) is 36.4 Å². The Morgan fingerprint density at radius 2 is 1.61 bits per heavy atom. The largest absolute Gasteiger partial charge is 0.444 e. The van der Waals surface area contributed by atoms with Gasteiger partial charge in [-0.05, 0) is 103 Å². The van der Waals surface area contributed by atoms with Crippen molar-refractivity contribution < 1.29 is 14.3 Å². The Kier molecular flexibility index (Phi) is 8.93. The van der Waals surface area contributed by atoms with Crippen molar-refractivity contribution in [3.05, 3.63) is 64.2 Å². The number of nitrogens with zero attached hydrogens (tertiary/aromatic N) is 1. The number of anilines is 1. The molecular formula is C29H38N4O3. The maximum Gasteiger partial charge on any atom is 0.413 e. The summed E-state index contributed by atoms with van der Waals surface area (Å²) >= 11 is 0. The number of alkyl carbamates (subject to hydrolysis) is 1. The Morgan fingerprint density at radius 1 is 1.00 bits per heavy atom. The fraction of sp³-hybridized carbons (Fsp3) is 0.414. The van der Waals surface area contributed by atoms with Crippen LogP contribution in [-0.2, 0) is 4.74 Å². The van der Waals surface area contributed by atoms with Gasteiger partial charge in [-0.25, -0.2) is 4.79 Å². The minimum atomic E-state index is -0.658. The van der Waals surface area contributed by atoms with Crippen molar-refractivity contribution >= 4 is 23.5 Å². The average molecular weight is 491 g/mol. The highest BCUT2D eigenvalue weighted by Crippen LogP contribution is 2.21. The summed E-state index contributed by atoms with van der Waals surface area (Å²) in [6.45, 7) is 15.7. The summed E-state index contributed by atoms with van der Waals surface area (Å²) in [6.07, 6.45) is -0.658. The van der Waals surface area contributed by atoms with Gasteiger partial charge >= 0.3 is 6.09 Å². The number of ether oxygens (including phenoxy) is 1. The van der Waals surface area contributed by atoms with Crippen LogP contribution in [0.1, 0.15) is 74.2 Å². The Hall–Kier alpha value is -3.79. The maximum atomic E-state index is 12.9. The third-order valence-electron chi connectivity index (χ3n) is 5.52.